The minimum atomic E-state index is 0.434. The molecule has 0 aliphatic carbocycles. The summed E-state index contributed by atoms with van der Waals surface area (Å²) in [4.78, 5) is 0. The van der Waals surface area contributed by atoms with Gasteiger partial charge in [0.25, 0.3) is 0 Å². The molecule has 64 valence electrons. The molecular weight excluding hydrogens is 150 g/mol. The van der Waals surface area contributed by atoms with Crippen LogP contribution in [-0.4, -0.2) is 5.71 Å². The highest BCUT2D eigenvalue weighted by atomic mass is 16.5. The molecule has 1 heterocycles. The lowest BCUT2D eigenvalue weighted by Crippen LogP contribution is -1.90. The quantitative estimate of drug-likeness (QED) is 0.667. The Bertz CT molecular complexity index is 259. The van der Waals surface area contributed by atoms with Gasteiger partial charge in [0.2, 0.25) is 0 Å². The Morgan fingerprint density at radius 3 is 2.75 bits per heavy atom. The van der Waals surface area contributed by atoms with E-state index in [2.05, 4.69) is 19.9 Å². The Hall–Kier alpha value is -1.31. The second kappa shape index (κ2) is 3.90. The Kier molecular flexibility index (Phi) is 2.86. The fourth-order valence-electron chi connectivity index (χ4n) is 0.815. The van der Waals surface area contributed by atoms with Gasteiger partial charge < -0.3 is 4.74 Å². The summed E-state index contributed by atoms with van der Waals surface area (Å²) in [5.74, 6) is 1.15. The van der Waals surface area contributed by atoms with Gasteiger partial charge in [0.05, 0.1) is 12.0 Å². The zero-order valence-corrected chi connectivity index (χ0v) is 7.37. The maximum atomic E-state index is 7.38. The van der Waals surface area contributed by atoms with Crippen LogP contribution in [0.5, 0.6) is 0 Å². The number of ether oxygens (including phenoxy) is 1. The molecule has 2 heteroatoms. The molecule has 0 aromatic heterocycles. The van der Waals surface area contributed by atoms with Crippen molar-refractivity contribution in [1.82, 2.24) is 0 Å². The third-order valence-corrected chi connectivity index (χ3v) is 1.44. The summed E-state index contributed by atoms with van der Waals surface area (Å²) >= 11 is 0. The van der Waals surface area contributed by atoms with E-state index in [0.29, 0.717) is 17.4 Å². The number of hydrogen-bond donors (Lipinski definition) is 1. The molecule has 0 spiro atoms. The molecular formula is C10H13NO. The minimum Gasteiger partial charge on any atom is -0.463 e. The summed E-state index contributed by atoms with van der Waals surface area (Å²) in [5, 5.41) is 7.38. The molecule has 0 saturated heterocycles. The van der Waals surface area contributed by atoms with Gasteiger partial charge in [0.1, 0.15) is 0 Å². The molecule has 0 saturated carbocycles. The van der Waals surface area contributed by atoms with Gasteiger partial charge in [0, 0.05) is 6.08 Å². The summed E-state index contributed by atoms with van der Waals surface area (Å²) in [7, 11) is 0. The lowest BCUT2D eigenvalue weighted by Gasteiger charge is -1.95. The smallest absolute Gasteiger partial charge is 0.151 e. The fraction of sp³-hybridized carbons (Fsp3) is 0.300. The monoisotopic (exact) mass is 163 g/mol. The first-order valence-electron chi connectivity index (χ1n) is 4.01. The highest BCUT2D eigenvalue weighted by Crippen LogP contribution is 2.09. The van der Waals surface area contributed by atoms with Gasteiger partial charge in [-0.05, 0) is 12.0 Å². The second-order valence-corrected chi connectivity index (χ2v) is 2.99. The first kappa shape index (κ1) is 8.78. The van der Waals surface area contributed by atoms with Crippen LogP contribution in [0.2, 0.25) is 0 Å². The summed E-state index contributed by atoms with van der Waals surface area (Å²) in [6.45, 7) is 4.21. The van der Waals surface area contributed by atoms with Crippen LogP contribution >= 0.6 is 0 Å². The van der Waals surface area contributed by atoms with Crippen LogP contribution < -0.4 is 0 Å². The van der Waals surface area contributed by atoms with Crippen LogP contribution in [0.1, 0.15) is 13.8 Å². The van der Waals surface area contributed by atoms with E-state index in [1.165, 1.54) is 6.26 Å². The predicted molar refractivity (Wildman–Crippen MR) is 50.0 cm³/mol. The third kappa shape index (κ3) is 2.38. The highest BCUT2D eigenvalue weighted by Gasteiger charge is 2.06. The van der Waals surface area contributed by atoms with Gasteiger partial charge >= 0.3 is 0 Å². The molecule has 1 aliphatic rings. The number of allylic oxidation sites excluding steroid dienone is 4. The number of rotatable bonds is 2. The average molecular weight is 163 g/mol. The standard InChI is InChI=1S/C10H13NO/c1-8(2)4-3-5-10-9(11)6-7-12-10/h3-8,11H,1-2H3/b4-3-,10-5+,11-9?. The van der Waals surface area contributed by atoms with Crippen molar-refractivity contribution in [3.05, 3.63) is 36.3 Å². The zero-order chi connectivity index (χ0) is 8.97. The first-order chi connectivity index (χ1) is 5.70. The molecule has 1 rings (SSSR count). The van der Waals surface area contributed by atoms with E-state index in [1.54, 1.807) is 6.08 Å². The first-order valence-corrected chi connectivity index (χ1v) is 4.01. The molecule has 0 fully saturated rings. The van der Waals surface area contributed by atoms with E-state index in [0.717, 1.165) is 0 Å². The van der Waals surface area contributed by atoms with Crippen LogP contribution in [0, 0.1) is 11.3 Å². The molecule has 0 unspecified atom stereocenters. The van der Waals surface area contributed by atoms with Crippen molar-refractivity contribution >= 4 is 5.71 Å². The van der Waals surface area contributed by atoms with Crippen LogP contribution in [0.3, 0.4) is 0 Å². The van der Waals surface area contributed by atoms with Crippen molar-refractivity contribution in [2.45, 2.75) is 13.8 Å². The molecule has 0 bridgehead atoms. The number of nitrogens with one attached hydrogen (secondary N) is 1. The van der Waals surface area contributed by atoms with Crippen molar-refractivity contribution < 1.29 is 4.74 Å². The van der Waals surface area contributed by atoms with Gasteiger partial charge in [-0.1, -0.05) is 26.0 Å². The van der Waals surface area contributed by atoms with E-state index in [4.69, 9.17) is 10.1 Å². The summed E-state index contributed by atoms with van der Waals surface area (Å²) in [5.41, 5.74) is 0.434. The largest absolute Gasteiger partial charge is 0.463 e. The van der Waals surface area contributed by atoms with Crippen molar-refractivity contribution in [3.63, 3.8) is 0 Å². The normalized spacial score (nSPS) is 19.9. The maximum absolute atomic E-state index is 7.38. The van der Waals surface area contributed by atoms with Crippen molar-refractivity contribution in [1.29, 1.82) is 5.41 Å². The third-order valence-electron chi connectivity index (χ3n) is 1.44. The van der Waals surface area contributed by atoms with Crippen molar-refractivity contribution in [2.24, 2.45) is 5.92 Å². The molecule has 0 aromatic carbocycles. The lowest BCUT2D eigenvalue weighted by atomic mass is 10.2. The molecule has 0 amide bonds. The molecule has 1 N–H and O–H groups in total. The molecule has 12 heavy (non-hydrogen) atoms. The summed E-state index contributed by atoms with van der Waals surface area (Å²) in [6.07, 6.45) is 8.94. The number of hydrogen-bond acceptors (Lipinski definition) is 2. The fourth-order valence-corrected chi connectivity index (χ4v) is 0.815. The highest BCUT2D eigenvalue weighted by molar-refractivity contribution is 6.06. The van der Waals surface area contributed by atoms with Crippen LogP contribution in [-0.2, 0) is 4.74 Å². The summed E-state index contributed by atoms with van der Waals surface area (Å²) in [6, 6.07) is 0. The van der Waals surface area contributed by atoms with E-state index >= 15 is 0 Å². The molecule has 0 aromatic rings. The topological polar surface area (TPSA) is 33.1 Å². The zero-order valence-electron chi connectivity index (χ0n) is 7.37. The van der Waals surface area contributed by atoms with Gasteiger partial charge in [-0.25, -0.2) is 0 Å². The Balaban J connectivity index is 2.54. The van der Waals surface area contributed by atoms with Gasteiger partial charge in [-0.15, -0.1) is 0 Å². The van der Waals surface area contributed by atoms with Crippen LogP contribution in [0.25, 0.3) is 0 Å². The molecule has 1 aliphatic heterocycles. The van der Waals surface area contributed by atoms with E-state index in [-0.39, 0.29) is 0 Å². The van der Waals surface area contributed by atoms with Crippen LogP contribution in [0.15, 0.2) is 36.3 Å². The van der Waals surface area contributed by atoms with Gasteiger partial charge in [0.15, 0.2) is 5.76 Å². The SMILES string of the molecule is CC(C)/C=C\C=C1\OC=CC1=N. The van der Waals surface area contributed by atoms with Crippen LogP contribution in [0.4, 0.5) is 0 Å². The maximum Gasteiger partial charge on any atom is 0.151 e. The van der Waals surface area contributed by atoms with Crippen molar-refractivity contribution in [2.75, 3.05) is 0 Å². The Morgan fingerprint density at radius 1 is 1.50 bits per heavy atom. The van der Waals surface area contributed by atoms with E-state index < -0.39 is 0 Å². The van der Waals surface area contributed by atoms with Gasteiger partial charge in [-0.3, -0.25) is 5.41 Å². The van der Waals surface area contributed by atoms with Crippen molar-refractivity contribution in [3.8, 4) is 0 Å². The lowest BCUT2D eigenvalue weighted by molar-refractivity contribution is 0.389. The van der Waals surface area contributed by atoms with E-state index in [1.807, 2.05) is 12.2 Å². The average Bonchev–Trinajstić information content (AvgIpc) is 2.36. The predicted octanol–water partition coefficient (Wildman–Crippen LogP) is 2.65. The molecule has 0 atom stereocenters. The minimum absolute atomic E-state index is 0.434. The van der Waals surface area contributed by atoms with Gasteiger partial charge in [-0.2, -0.15) is 0 Å². The molecule has 2 nitrogen and oxygen atoms in total. The Labute approximate surface area is 72.7 Å². The molecule has 0 radical (unpaired) electrons. The summed E-state index contributed by atoms with van der Waals surface area (Å²) < 4.78 is 5.05. The van der Waals surface area contributed by atoms with E-state index in [9.17, 15) is 0 Å². The Morgan fingerprint density at radius 2 is 2.25 bits per heavy atom. The second-order valence-electron chi connectivity index (χ2n) is 2.99.